The van der Waals surface area contributed by atoms with E-state index in [0.717, 1.165) is 18.4 Å². The van der Waals surface area contributed by atoms with Gasteiger partial charge < -0.3 is 10.6 Å². The topological polar surface area (TPSA) is 147 Å². The molecule has 11 nitrogen and oxygen atoms in total. The van der Waals surface area contributed by atoms with Crippen molar-refractivity contribution in [1.29, 1.82) is 0 Å². The van der Waals surface area contributed by atoms with Gasteiger partial charge in [0.1, 0.15) is 0 Å². The van der Waals surface area contributed by atoms with Crippen LogP contribution in [-0.2, 0) is 19.4 Å². The van der Waals surface area contributed by atoms with Crippen LogP contribution in [0, 0.1) is 0 Å². The molecular weight excluding hydrogens is 458 g/mol. The predicted molar refractivity (Wildman–Crippen MR) is 125 cm³/mol. The van der Waals surface area contributed by atoms with Crippen molar-refractivity contribution < 1.29 is 18.0 Å². The molecule has 1 aromatic carbocycles. The first kappa shape index (κ1) is 22.0. The number of imide groups is 1. The Kier molecular flexibility index (Phi) is 5.31. The predicted octanol–water partition coefficient (Wildman–Crippen LogP) is 1.71. The molecule has 3 heterocycles. The lowest BCUT2D eigenvalue weighted by molar-refractivity contribution is -0.124. The highest BCUT2D eigenvalue weighted by Crippen LogP contribution is 2.27. The van der Waals surface area contributed by atoms with Crippen molar-refractivity contribution in [2.24, 2.45) is 0 Å². The maximum Gasteiger partial charge on any atom is 0.254 e. The number of amides is 2. The summed E-state index contributed by atoms with van der Waals surface area (Å²) < 4.78 is 25.0. The fraction of sp³-hybridized carbons (Fsp3) is 0.318. The van der Waals surface area contributed by atoms with Crippen LogP contribution in [0.3, 0.4) is 0 Å². The Labute approximate surface area is 195 Å². The summed E-state index contributed by atoms with van der Waals surface area (Å²) >= 11 is 0. The van der Waals surface area contributed by atoms with Crippen LogP contribution in [0.25, 0.3) is 11.7 Å². The number of carbonyl (C=O) groups excluding carboxylic acids is 2. The third kappa shape index (κ3) is 4.49. The summed E-state index contributed by atoms with van der Waals surface area (Å²) in [7, 11) is -3.27. The van der Waals surface area contributed by atoms with Crippen LogP contribution in [0.5, 0.6) is 0 Å². The molecule has 34 heavy (non-hydrogen) atoms. The molecule has 3 N–H and O–H groups in total. The van der Waals surface area contributed by atoms with E-state index in [4.69, 9.17) is 0 Å². The SMILES string of the molecule is CC(Nc1nc(NC2CC2)n2ncc(/C=C3\CC(=O)NC3=O)c2n1)c1ccc(S(C)(=O)=O)cc1. The highest BCUT2D eigenvalue weighted by molar-refractivity contribution is 7.90. The standard InChI is InChI=1S/C22H23N7O4S/c1-12(13-3-7-17(8-4-13)34(2,32)33)24-21-27-19-15(9-14-10-18(30)26-20(14)31)11-23-29(19)22(28-21)25-16-5-6-16/h3-4,7-9,11-12,16H,5-6,10H2,1-2H3,(H,26,30,31)(H2,24,25,27,28)/b14-9+. The van der Waals surface area contributed by atoms with Gasteiger partial charge in [-0.25, -0.2) is 8.42 Å². The van der Waals surface area contributed by atoms with Crippen molar-refractivity contribution >= 4 is 45.3 Å². The number of fused-ring (bicyclic) bond motifs is 1. The summed E-state index contributed by atoms with van der Waals surface area (Å²) in [6, 6.07) is 6.74. The van der Waals surface area contributed by atoms with Crippen molar-refractivity contribution in [2.45, 2.75) is 43.2 Å². The number of sulfone groups is 1. The lowest BCUT2D eigenvalue weighted by Gasteiger charge is -2.16. The molecule has 176 valence electrons. The van der Waals surface area contributed by atoms with E-state index >= 15 is 0 Å². The molecule has 1 aliphatic heterocycles. The number of aromatic nitrogens is 4. The third-order valence-corrected chi connectivity index (χ3v) is 6.81. The van der Waals surface area contributed by atoms with Gasteiger partial charge in [-0.15, -0.1) is 0 Å². The summed E-state index contributed by atoms with van der Waals surface area (Å²) in [5.41, 5.74) is 2.29. The molecule has 2 aromatic heterocycles. The van der Waals surface area contributed by atoms with Crippen LogP contribution >= 0.6 is 0 Å². The maximum atomic E-state index is 12.0. The number of nitrogens with one attached hydrogen (secondary N) is 3. The second-order valence-corrected chi connectivity index (χ2v) is 10.6. The Hall–Kier alpha value is -3.80. The van der Waals surface area contributed by atoms with E-state index in [9.17, 15) is 18.0 Å². The minimum Gasteiger partial charge on any atom is -0.351 e. The monoisotopic (exact) mass is 481 g/mol. The zero-order valence-electron chi connectivity index (χ0n) is 18.6. The van der Waals surface area contributed by atoms with Gasteiger partial charge >= 0.3 is 0 Å². The molecule has 0 radical (unpaired) electrons. The summed E-state index contributed by atoms with van der Waals surface area (Å²) in [4.78, 5) is 33.0. The first-order valence-corrected chi connectivity index (χ1v) is 12.7. The minimum atomic E-state index is -3.27. The molecular formula is C22H23N7O4S. The number of nitrogens with zero attached hydrogens (tertiary/aromatic N) is 4. The van der Waals surface area contributed by atoms with Crippen LogP contribution in [0.15, 0.2) is 40.9 Å². The van der Waals surface area contributed by atoms with Crippen molar-refractivity contribution in [3.8, 4) is 0 Å². The van der Waals surface area contributed by atoms with Gasteiger partial charge in [-0.05, 0) is 43.5 Å². The molecule has 2 fully saturated rings. The van der Waals surface area contributed by atoms with Crippen LogP contribution in [0.4, 0.5) is 11.9 Å². The van der Waals surface area contributed by atoms with Gasteiger partial charge in [0.2, 0.25) is 17.8 Å². The highest BCUT2D eigenvalue weighted by atomic mass is 32.2. The molecule has 1 atom stereocenters. The first-order valence-electron chi connectivity index (χ1n) is 10.8. The second-order valence-electron chi connectivity index (χ2n) is 8.56. The Bertz CT molecular complexity index is 1440. The van der Waals surface area contributed by atoms with Gasteiger partial charge in [0.05, 0.1) is 23.6 Å². The van der Waals surface area contributed by atoms with Crippen LogP contribution in [-0.4, -0.2) is 52.1 Å². The van der Waals surface area contributed by atoms with E-state index in [-0.39, 0.29) is 23.3 Å². The van der Waals surface area contributed by atoms with Crippen LogP contribution in [0.2, 0.25) is 0 Å². The van der Waals surface area contributed by atoms with E-state index in [1.807, 2.05) is 6.92 Å². The molecule has 1 saturated heterocycles. The van der Waals surface area contributed by atoms with Crippen molar-refractivity contribution in [2.75, 3.05) is 16.9 Å². The van der Waals surface area contributed by atoms with E-state index in [0.29, 0.717) is 34.7 Å². The molecule has 0 spiro atoms. The van der Waals surface area contributed by atoms with Gasteiger partial charge in [0.25, 0.3) is 5.91 Å². The van der Waals surface area contributed by atoms with Gasteiger partial charge in [-0.1, -0.05) is 12.1 Å². The zero-order chi connectivity index (χ0) is 24.0. The van der Waals surface area contributed by atoms with Gasteiger partial charge in [0.15, 0.2) is 15.5 Å². The van der Waals surface area contributed by atoms with Crippen molar-refractivity contribution in [3.63, 3.8) is 0 Å². The smallest absolute Gasteiger partial charge is 0.254 e. The maximum absolute atomic E-state index is 12.0. The van der Waals surface area contributed by atoms with Gasteiger partial charge in [0, 0.05) is 23.4 Å². The van der Waals surface area contributed by atoms with Crippen LogP contribution < -0.4 is 16.0 Å². The number of carbonyl (C=O) groups is 2. The summed E-state index contributed by atoms with van der Waals surface area (Å²) in [5.74, 6) is 0.115. The number of anilines is 2. The van der Waals surface area contributed by atoms with E-state index in [1.165, 1.54) is 6.26 Å². The summed E-state index contributed by atoms with van der Waals surface area (Å²) in [6.07, 6.45) is 6.47. The lowest BCUT2D eigenvalue weighted by Crippen LogP contribution is -2.19. The first-order chi connectivity index (χ1) is 16.2. The molecule has 0 bridgehead atoms. The number of hydrogen-bond donors (Lipinski definition) is 3. The van der Waals surface area contributed by atoms with Crippen molar-refractivity contribution in [1.82, 2.24) is 24.9 Å². The molecule has 1 saturated carbocycles. The lowest BCUT2D eigenvalue weighted by atomic mass is 10.1. The third-order valence-electron chi connectivity index (χ3n) is 5.69. The molecule has 3 aromatic rings. The van der Waals surface area contributed by atoms with Crippen LogP contribution in [0.1, 0.15) is 43.4 Å². The number of rotatable bonds is 7. The minimum absolute atomic E-state index is 0.0139. The Morgan fingerprint density at radius 3 is 2.53 bits per heavy atom. The summed E-state index contributed by atoms with van der Waals surface area (Å²) in [5, 5.41) is 13.3. The molecule has 1 aliphatic carbocycles. The zero-order valence-corrected chi connectivity index (χ0v) is 19.4. The van der Waals surface area contributed by atoms with E-state index in [1.54, 1.807) is 41.1 Å². The fourth-order valence-electron chi connectivity index (χ4n) is 3.65. The second kappa shape index (κ2) is 8.20. The highest BCUT2D eigenvalue weighted by Gasteiger charge is 2.26. The molecule has 2 aliphatic rings. The Morgan fingerprint density at radius 2 is 1.91 bits per heavy atom. The van der Waals surface area contributed by atoms with E-state index in [2.05, 4.69) is 31.0 Å². The van der Waals surface area contributed by atoms with Crippen molar-refractivity contribution in [3.05, 3.63) is 47.2 Å². The molecule has 12 heteroatoms. The quantitative estimate of drug-likeness (QED) is 0.339. The normalized spacial score (nSPS) is 18.4. The molecule has 1 unspecified atom stereocenters. The summed E-state index contributed by atoms with van der Waals surface area (Å²) in [6.45, 7) is 1.92. The number of benzene rings is 1. The number of hydrogen-bond acceptors (Lipinski definition) is 9. The largest absolute Gasteiger partial charge is 0.351 e. The average Bonchev–Trinajstić information content (AvgIpc) is 3.42. The molecule has 2 amide bonds. The Morgan fingerprint density at radius 1 is 1.18 bits per heavy atom. The van der Waals surface area contributed by atoms with Gasteiger partial charge in [-0.3, -0.25) is 14.9 Å². The van der Waals surface area contributed by atoms with Gasteiger partial charge in [-0.2, -0.15) is 19.6 Å². The van der Waals surface area contributed by atoms with E-state index < -0.39 is 15.7 Å². The fourth-order valence-corrected chi connectivity index (χ4v) is 4.28. The Balaban J connectivity index is 1.48. The molecule has 5 rings (SSSR count). The average molecular weight is 482 g/mol.